The van der Waals surface area contributed by atoms with Crippen LogP contribution in [0.4, 0.5) is 5.82 Å². The van der Waals surface area contributed by atoms with E-state index in [2.05, 4.69) is 15.3 Å². The van der Waals surface area contributed by atoms with Crippen molar-refractivity contribution in [2.24, 2.45) is 0 Å². The predicted molar refractivity (Wildman–Crippen MR) is 101 cm³/mol. The summed E-state index contributed by atoms with van der Waals surface area (Å²) >= 11 is 0. The number of nitrogens with zero attached hydrogens (tertiary/aromatic N) is 3. The molecule has 1 fully saturated rings. The monoisotopic (exact) mass is 354 g/mol. The lowest BCUT2D eigenvalue weighted by Crippen LogP contribution is -2.32. The average Bonchev–Trinajstić information content (AvgIpc) is 3.11. The summed E-state index contributed by atoms with van der Waals surface area (Å²) < 4.78 is 5.42. The number of benzene rings is 1. The normalized spacial score (nSPS) is 16.6. The van der Waals surface area contributed by atoms with E-state index in [0.717, 1.165) is 47.8 Å². The molecular weight excluding hydrogens is 328 g/mol. The highest BCUT2D eigenvalue weighted by Crippen LogP contribution is 2.33. The smallest absolute Gasteiger partial charge is 0.227 e. The fourth-order valence-electron chi connectivity index (χ4n) is 3.57. The van der Waals surface area contributed by atoms with Crippen LogP contribution in [-0.4, -0.2) is 41.5 Å². The van der Waals surface area contributed by atoms with Gasteiger partial charge in [0.15, 0.2) is 0 Å². The van der Waals surface area contributed by atoms with Crippen molar-refractivity contribution < 1.29 is 9.53 Å². The van der Waals surface area contributed by atoms with E-state index in [1.54, 1.807) is 7.11 Å². The number of hydrogen-bond acceptors (Lipinski definition) is 5. The topological polar surface area (TPSA) is 67.4 Å². The van der Waals surface area contributed by atoms with E-state index in [1.165, 1.54) is 0 Å². The average molecular weight is 354 g/mol. The number of nitrogens with one attached hydrogen (secondary N) is 1. The minimum Gasteiger partial charge on any atom is -0.496 e. The van der Waals surface area contributed by atoms with E-state index in [4.69, 9.17) is 4.74 Å². The molecule has 6 nitrogen and oxygen atoms in total. The van der Waals surface area contributed by atoms with Crippen molar-refractivity contribution in [3.8, 4) is 5.75 Å². The quantitative estimate of drug-likeness (QED) is 0.894. The van der Waals surface area contributed by atoms with Crippen LogP contribution >= 0.6 is 0 Å². The molecule has 3 rings (SSSR count). The SMILES string of the molecule is CNc1cc([C@@H]2CCCN2C(=O)Cc2cc(C)ccc2OC)nc(C)n1. The summed E-state index contributed by atoms with van der Waals surface area (Å²) in [7, 11) is 3.48. The lowest BCUT2D eigenvalue weighted by atomic mass is 10.1. The number of aryl methyl sites for hydroxylation is 2. The molecule has 0 spiro atoms. The lowest BCUT2D eigenvalue weighted by molar-refractivity contribution is -0.131. The highest BCUT2D eigenvalue weighted by molar-refractivity contribution is 5.80. The molecule has 138 valence electrons. The fourth-order valence-corrected chi connectivity index (χ4v) is 3.57. The Balaban J connectivity index is 1.83. The Morgan fingerprint density at radius 3 is 2.85 bits per heavy atom. The Labute approximate surface area is 154 Å². The summed E-state index contributed by atoms with van der Waals surface area (Å²) in [4.78, 5) is 23.9. The molecule has 0 bridgehead atoms. The number of rotatable bonds is 5. The van der Waals surface area contributed by atoms with Crippen LogP contribution in [-0.2, 0) is 11.2 Å². The van der Waals surface area contributed by atoms with Crippen LogP contribution in [0.2, 0.25) is 0 Å². The molecule has 2 aromatic rings. The number of anilines is 1. The molecule has 1 aliphatic rings. The van der Waals surface area contributed by atoms with Gasteiger partial charge in [-0.3, -0.25) is 4.79 Å². The number of aromatic nitrogens is 2. The Hall–Kier alpha value is -2.63. The second-order valence-corrected chi connectivity index (χ2v) is 6.71. The maximum absolute atomic E-state index is 13.0. The van der Waals surface area contributed by atoms with Gasteiger partial charge >= 0.3 is 0 Å². The summed E-state index contributed by atoms with van der Waals surface area (Å²) in [5.74, 6) is 2.37. The van der Waals surface area contributed by atoms with Gasteiger partial charge in [-0.1, -0.05) is 17.7 Å². The zero-order valence-electron chi connectivity index (χ0n) is 15.9. The van der Waals surface area contributed by atoms with E-state index < -0.39 is 0 Å². The molecule has 0 unspecified atom stereocenters. The number of hydrogen-bond donors (Lipinski definition) is 1. The van der Waals surface area contributed by atoms with Crippen LogP contribution in [0.15, 0.2) is 24.3 Å². The summed E-state index contributed by atoms with van der Waals surface area (Å²) in [6.45, 7) is 4.66. The number of ether oxygens (including phenoxy) is 1. The molecule has 0 saturated carbocycles. The lowest BCUT2D eigenvalue weighted by Gasteiger charge is -2.25. The molecular formula is C20H26N4O2. The molecule has 1 aliphatic heterocycles. The highest BCUT2D eigenvalue weighted by atomic mass is 16.5. The maximum atomic E-state index is 13.0. The third kappa shape index (κ3) is 3.79. The van der Waals surface area contributed by atoms with Gasteiger partial charge in [0, 0.05) is 25.2 Å². The van der Waals surface area contributed by atoms with Crippen LogP contribution < -0.4 is 10.1 Å². The molecule has 1 saturated heterocycles. The van der Waals surface area contributed by atoms with Crippen LogP contribution in [0.3, 0.4) is 0 Å². The zero-order chi connectivity index (χ0) is 18.7. The maximum Gasteiger partial charge on any atom is 0.227 e. The Morgan fingerprint density at radius 2 is 2.12 bits per heavy atom. The van der Waals surface area contributed by atoms with Crippen molar-refractivity contribution in [1.29, 1.82) is 0 Å². The Morgan fingerprint density at radius 1 is 1.31 bits per heavy atom. The van der Waals surface area contributed by atoms with Crippen LogP contribution in [0.1, 0.15) is 41.5 Å². The predicted octanol–water partition coefficient (Wildman–Crippen LogP) is 3.05. The molecule has 2 heterocycles. The van der Waals surface area contributed by atoms with Crippen molar-refractivity contribution >= 4 is 11.7 Å². The van der Waals surface area contributed by atoms with E-state index in [-0.39, 0.29) is 11.9 Å². The molecule has 1 aromatic carbocycles. The second-order valence-electron chi connectivity index (χ2n) is 6.71. The molecule has 0 aliphatic carbocycles. The van der Waals surface area contributed by atoms with E-state index >= 15 is 0 Å². The van der Waals surface area contributed by atoms with Gasteiger partial charge in [0.25, 0.3) is 0 Å². The van der Waals surface area contributed by atoms with Crippen molar-refractivity contribution in [3.63, 3.8) is 0 Å². The van der Waals surface area contributed by atoms with E-state index in [1.807, 2.05) is 50.1 Å². The standard InChI is InChI=1S/C20H26N4O2/c1-13-7-8-18(26-4)15(10-13)11-20(25)24-9-5-6-17(24)16-12-19(21-3)23-14(2)22-16/h7-8,10,12,17H,5-6,9,11H2,1-4H3,(H,21,22,23)/t17-/m0/s1. The number of carbonyl (C=O) groups is 1. The molecule has 6 heteroatoms. The van der Waals surface area contributed by atoms with Gasteiger partial charge in [0.1, 0.15) is 17.4 Å². The largest absolute Gasteiger partial charge is 0.496 e. The highest BCUT2D eigenvalue weighted by Gasteiger charge is 2.31. The van der Waals surface area contributed by atoms with E-state index in [9.17, 15) is 4.79 Å². The van der Waals surface area contributed by atoms with Crippen LogP contribution in [0, 0.1) is 13.8 Å². The Kier molecular flexibility index (Phi) is 5.40. The third-order valence-corrected chi connectivity index (χ3v) is 4.81. The van der Waals surface area contributed by atoms with Crippen LogP contribution in [0.25, 0.3) is 0 Å². The molecule has 1 atom stereocenters. The minimum atomic E-state index is 0.00658. The van der Waals surface area contributed by atoms with Gasteiger partial charge in [-0.2, -0.15) is 0 Å². The minimum absolute atomic E-state index is 0.00658. The molecule has 1 N–H and O–H groups in total. The first-order valence-electron chi connectivity index (χ1n) is 8.98. The van der Waals surface area contributed by atoms with Gasteiger partial charge in [-0.05, 0) is 32.8 Å². The van der Waals surface area contributed by atoms with Gasteiger partial charge < -0.3 is 15.0 Å². The third-order valence-electron chi connectivity index (χ3n) is 4.81. The van der Waals surface area contributed by atoms with E-state index in [0.29, 0.717) is 12.2 Å². The van der Waals surface area contributed by atoms with Gasteiger partial charge in [-0.25, -0.2) is 9.97 Å². The fraction of sp³-hybridized carbons (Fsp3) is 0.450. The first kappa shape index (κ1) is 18.2. The van der Waals surface area contributed by atoms with Crippen molar-refractivity contribution in [2.45, 2.75) is 39.2 Å². The Bertz CT molecular complexity index is 806. The summed E-state index contributed by atoms with van der Waals surface area (Å²) in [6, 6.07) is 7.89. The molecule has 1 amide bonds. The first-order chi connectivity index (χ1) is 12.5. The number of methoxy groups -OCH3 is 1. The molecule has 0 radical (unpaired) electrons. The molecule has 26 heavy (non-hydrogen) atoms. The molecule has 1 aromatic heterocycles. The van der Waals surface area contributed by atoms with Gasteiger partial charge in [0.2, 0.25) is 5.91 Å². The van der Waals surface area contributed by atoms with Crippen molar-refractivity contribution in [3.05, 3.63) is 46.9 Å². The second kappa shape index (κ2) is 7.72. The number of likely N-dealkylation sites (tertiary alicyclic amines) is 1. The summed E-state index contributed by atoms with van der Waals surface area (Å²) in [6.07, 6.45) is 2.25. The van der Waals surface area contributed by atoms with Gasteiger partial charge in [-0.15, -0.1) is 0 Å². The van der Waals surface area contributed by atoms with Crippen LogP contribution in [0.5, 0.6) is 5.75 Å². The van der Waals surface area contributed by atoms with Crippen molar-refractivity contribution in [2.75, 3.05) is 26.0 Å². The summed E-state index contributed by atoms with van der Waals surface area (Å²) in [5.41, 5.74) is 2.96. The summed E-state index contributed by atoms with van der Waals surface area (Å²) in [5, 5.41) is 3.07. The first-order valence-corrected chi connectivity index (χ1v) is 8.98. The van der Waals surface area contributed by atoms with Crippen molar-refractivity contribution in [1.82, 2.24) is 14.9 Å². The zero-order valence-corrected chi connectivity index (χ0v) is 15.9. The number of carbonyl (C=O) groups excluding carboxylic acids is 1. The van der Waals surface area contributed by atoms with Gasteiger partial charge in [0.05, 0.1) is 25.3 Å². The number of amides is 1.